The lowest BCUT2D eigenvalue weighted by atomic mass is 10.2. The predicted molar refractivity (Wildman–Crippen MR) is 55.0 cm³/mol. The van der Waals surface area contributed by atoms with Crippen molar-refractivity contribution < 1.29 is 13.2 Å². The Morgan fingerprint density at radius 1 is 1.44 bits per heavy atom. The van der Waals surface area contributed by atoms with Gasteiger partial charge in [0.2, 0.25) is 0 Å². The van der Waals surface area contributed by atoms with Gasteiger partial charge in [0.25, 0.3) is 0 Å². The maximum atomic E-state index is 12.0. The highest BCUT2D eigenvalue weighted by Gasteiger charge is 2.29. The summed E-state index contributed by atoms with van der Waals surface area (Å²) in [4.78, 5) is 0. The van der Waals surface area contributed by atoms with Crippen molar-refractivity contribution in [2.75, 3.05) is 6.54 Å². The summed E-state index contributed by atoms with van der Waals surface area (Å²) in [6.45, 7) is 2.83. The Morgan fingerprint density at radius 3 is 2.75 bits per heavy atom. The first-order valence-corrected chi connectivity index (χ1v) is 5.25. The number of rotatable bonds is 6. The zero-order valence-electron chi connectivity index (χ0n) is 9.17. The van der Waals surface area contributed by atoms with Gasteiger partial charge in [-0.2, -0.15) is 18.3 Å². The predicted octanol–water partition coefficient (Wildman–Crippen LogP) is 2.20. The normalized spacial score (nSPS) is 14.0. The van der Waals surface area contributed by atoms with Gasteiger partial charge in [-0.05, 0) is 26.0 Å². The highest BCUT2D eigenvalue weighted by Crippen LogP contribution is 2.21. The Kier molecular flexibility index (Phi) is 4.79. The maximum Gasteiger partial charge on any atom is 0.390 e. The molecular weight excluding hydrogens is 219 g/mol. The van der Waals surface area contributed by atoms with Crippen LogP contribution in [0.15, 0.2) is 18.5 Å². The highest BCUT2D eigenvalue weighted by molar-refractivity contribution is 4.77. The topological polar surface area (TPSA) is 29.9 Å². The molecule has 1 rings (SSSR count). The van der Waals surface area contributed by atoms with Crippen molar-refractivity contribution in [2.45, 2.75) is 38.5 Å². The second kappa shape index (κ2) is 5.89. The quantitative estimate of drug-likeness (QED) is 0.766. The molecule has 1 N–H and O–H groups in total. The van der Waals surface area contributed by atoms with Crippen LogP contribution < -0.4 is 5.32 Å². The third-order valence-electron chi connectivity index (χ3n) is 2.15. The van der Waals surface area contributed by atoms with Gasteiger partial charge in [-0.15, -0.1) is 0 Å². The van der Waals surface area contributed by atoms with Crippen molar-refractivity contribution in [2.24, 2.45) is 0 Å². The second-order valence-corrected chi connectivity index (χ2v) is 3.80. The SMILES string of the molecule is CC(CC(F)(F)F)NCCCn1cccn1. The van der Waals surface area contributed by atoms with Crippen LogP contribution in [0.4, 0.5) is 13.2 Å². The number of hydrogen-bond donors (Lipinski definition) is 1. The summed E-state index contributed by atoms with van der Waals surface area (Å²) in [6.07, 6.45) is -0.591. The van der Waals surface area contributed by atoms with Crippen LogP contribution >= 0.6 is 0 Å². The Morgan fingerprint density at radius 2 is 2.19 bits per heavy atom. The summed E-state index contributed by atoms with van der Waals surface area (Å²) in [7, 11) is 0. The Hall–Kier alpha value is -1.04. The van der Waals surface area contributed by atoms with Crippen molar-refractivity contribution in [1.82, 2.24) is 15.1 Å². The third kappa shape index (κ3) is 5.75. The first-order valence-electron chi connectivity index (χ1n) is 5.25. The van der Waals surface area contributed by atoms with E-state index in [0.717, 1.165) is 13.0 Å². The lowest BCUT2D eigenvalue weighted by molar-refractivity contribution is -0.139. The van der Waals surface area contributed by atoms with E-state index in [4.69, 9.17) is 0 Å². The van der Waals surface area contributed by atoms with Gasteiger partial charge in [0.05, 0.1) is 6.42 Å². The van der Waals surface area contributed by atoms with Crippen LogP contribution in [0.1, 0.15) is 19.8 Å². The Bertz CT molecular complexity index is 282. The van der Waals surface area contributed by atoms with E-state index >= 15 is 0 Å². The molecule has 1 aromatic rings. The molecule has 92 valence electrons. The van der Waals surface area contributed by atoms with Gasteiger partial charge < -0.3 is 5.32 Å². The average molecular weight is 235 g/mol. The molecule has 16 heavy (non-hydrogen) atoms. The molecule has 1 aromatic heterocycles. The lowest BCUT2D eigenvalue weighted by Gasteiger charge is -2.15. The van der Waals surface area contributed by atoms with E-state index in [2.05, 4.69) is 10.4 Å². The van der Waals surface area contributed by atoms with Gasteiger partial charge in [0, 0.05) is 25.0 Å². The Labute approximate surface area is 92.6 Å². The van der Waals surface area contributed by atoms with Crippen molar-refractivity contribution in [1.29, 1.82) is 0 Å². The maximum absolute atomic E-state index is 12.0. The summed E-state index contributed by atoms with van der Waals surface area (Å²) in [5.74, 6) is 0. The standard InChI is InChI=1S/C10H16F3N3/c1-9(8-10(11,12)13)14-4-2-6-16-7-3-5-15-16/h3,5,7,9,14H,2,4,6,8H2,1H3. The fraction of sp³-hybridized carbons (Fsp3) is 0.700. The molecule has 0 saturated carbocycles. The molecule has 0 spiro atoms. The number of hydrogen-bond acceptors (Lipinski definition) is 2. The van der Waals surface area contributed by atoms with E-state index in [1.165, 1.54) is 0 Å². The molecule has 1 heterocycles. The summed E-state index contributed by atoms with van der Waals surface area (Å²) >= 11 is 0. The minimum atomic E-state index is -4.09. The number of aryl methyl sites for hydroxylation is 1. The van der Waals surface area contributed by atoms with Crippen molar-refractivity contribution in [3.05, 3.63) is 18.5 Å². The number of nitrogens with one attached hydrogen (secondary N) is 1. The first-order chi connectivity index (χ1) is 7.47. The molecule has 1 unspecified atom stereocenters. The van der Waals surface area contributed by atoms with E-state index in [9.17, 15) is 13.2 Å². The molecule has 1 atom stereocenters. The summed E-state index contributed by atoms with van der Waals surface area (Å²) in [6, 6.07) is 1.29. The van der Waals surface area contributed by atoms with Gasteiger partial charge in [-0.1, -0.05) is 0 Å². The zero-order valence-corrected chi connectivity index (χ0v) is 9.17. The zero-order chi connectivity index (χ0) is 12.0. The smallest absolute Gasteiger partial charge is 0.314 e. The summed E-state index contributed by atoms with van der Waals surface area (Å²) in [5, 5.41) is 6.84. The minimum Gasteiger partial charge on any atom is -0.314 e. The van der Waals surface area contributed by atoms with Crippen LogP contribution in [0.3, 0.4) is 0 Å². The van der Waals surface area contributed by atoms with Crippen molar-refractivity contribution in [3.8, 4) is 0 Å². The van der Waals surface area contributed by atoms with Gasteiger partial charge in [0.1, 0.15) is 0 Å². The number of halogens is 3. The molecule has 0 amide bonds. The number of alkyl halides is 3. The summed E-state index contributed by atoms with van der Waals surface area (Å²) < 4.78 is 37.7. The number of nitrogens with zero attached hydrogens (tertiary/aromatic N) is 2. The van der Waals surface area contributed by atoms with Gasteiger partial charge >= 0.3 is 6.18 Å². The van der Waals surface area contributed by atoms with Crippen LogP contribution in [0.25, 0.3) is 0 Å². The van der Waals surface area contributed by atoms with Crippen LogP contribution in [0, 0.1) is 0 Å². The minimum absolute atomic E-state index is 0.530. The number of aromatic nitrogens is 2. The van der Waals surface area contributed by atoms with Crippen LogP contribution in [-0.4, -0.2) is 28.5 Å². The van der Waals surface area contributed by atoms with Crippen LogP contribution in [0.5, 0.6) is 0 Å². The monoisotopic (exact) mass is 235 g/mol. The fourth-order valence-corrected chi connectivity index (χ4v) is 1.44. The fourth-order valence-electron chi connectivity index (χ4n) is 1.44. The van der Waals surface area contributed by atoms with Crippen molar-refractivity contribution >= 4 is 0 Å². The molecule has 3 nitrogen and oxygen atoms in total. The van der Waals surface area contributed by atoms with E-state index in [0.29, 0.717) is 6.54 Å². The average Bonchev–Trinajstić information content (AvgIpc) is 2.62. The van der Waals surface area contributed by atoms with Crippen LogP contribution in [-0.2, 0) is 6.54 Å². The molecule has 0 aliphatic carbocycles. The third-order valence-corrected chi connectivity index (χ3v) is 2.15. The van der Waals surface area contributed by atoms with Crippen molar-refractivity contribution in [3.63, 3.8) is 0 Å². The molecular formula is C10H16F3N3. The van der Waals surface area contributed by atoms with Gasteiger partial charge in [-0.25, -0.2) is 0 Å². The Balaban J connectivity index is 2.07. The molecule has 6 heteroatoms. The van der Waals surface area contributed by atoms with E-state index in [1.807, 2.05) is 12.3 Å². The van der Waals surface area contributed by atoms with Crippen LogP contribution in [0.2, 0.25) is 0 Å². The molecule has 0 aliphatic rings. The van der Waals surface area contributed by atoms with E-state index < -0.39 is 18.6 Å². The molecule has 0 bridgehead atoms. The highest BCUT2D eigenvalue weighted by atomic mass is 19.4. The molecule has 0 aromatic carbocycles. The lowest BCUT2D eigenvalue weighted by Crippen LogP contribution is -2.32. The second-order valence-electron chi connectivity index (χ2n) is 3.80. The van der Waals surface area contributed by atoms with E-state index in [-0.39, 0.29) is 0 Å². The van der Waals surface area contributed by atoms with Gasteiger partial charge in [-0.3, -0.25) is 4.68 Å². The van der Waals surface area contributed by atoms with E-state index in [1.54, 1.807) is 17.8 Å². The summed E-state index contributed by atoms with van der Waals surface area (Å²) in [5.41, 5.74) is 0. The molecule has 0 saturated heterocycles. The largest absolute Gasteiger partial charge is 0.390 e. The molecule has 0 fully saturated rings. The first kappa shape index (κ1) is 13.0. The van der Waals surface area contributed by atoms with Gasteiger partial charge in [0.15, 0.2) is 0 Å². The molecule has 0 radical (unpaired) electrons. The molecule has 0 aliphatic heterocycles.